The highest BCUT2D eigenvalue weighted by molar-refractivity contribution is 6.30. The molecule has 0 saturated carbocycles. The van der Waals surface area contributed by atoms with Crippen molar-refractivity contribution in [1.29, 1.82) is 0 Å². The first-order chi connectivity index (χ1) is 13.9. The number of amides is 1. The summed E-state index contributed by atoms with van der Waals surface area (Å²) in [6.07, 6.45) is 1.18. The average molecular weight is 412 g/mol. The van der Waals surface area contributed by atoms with Crippen LogP contribution in [0.5, 0.6) is 0 Å². The van der Waals surface area contributed by atoms with Gasteiger partial charge >= 0.3 is 0 Å². The van der Waals surface area contributed by atoms with E-state index in [9.17, 15) is 4.79 Å². The second-order valence-corrected chi connectivity index (χ2v) is 8.10. The Hall–Kier alpha value is -2.60. The van der Waals surface area contributed by atoms with Crippen molar-refractivity contribution in [1.82, 2.24) is 19.5 Å². The zero-order valence-corrected chi connectivity index (χ0v) is 17.9. The van der Waals surface area contributed by atoms with Crippen LogP contribution in [0.25, 0.3) is 5.65 Å². The first kappa shape index (κ1) is 19.7. The van der Waals surface area contributed by atoms with Gasteiger partial charge in [0.05, 0.1) is 5.69 Å². The van der Waals surface area contributed by atoms with Gasteiger partial charge in [-0.1, -0.05) is 17.7 Å². The van der Waals surface area contributed by atoms with E-state index >= 15 is 0 Å². The lowest BCUT2D eigenvalue weighted by molar-refractivity contribution is -0.131. The van der Waals surface area contributed by atoms with Gasteiger partial charge in [0.1, 0.15) is 0 Å². The van der Waals surface area contributed by atoms with E-state index in [1.165, 1.54) is 0 Å². The van der Waals surface area contributed by atoms with E-state index < -0.39 is 0 Å². The minimum atomic E-state index is 0.200. The van der Waals surface area contributed by atoms with E-state index in [1.807, 2.05) is 47.5 Å². The molecule has 0 N–H and O–H groups in total. The van der Waals surface area contributed by atoms with Crippen LogP contribution in [0.1, 0.15) is 29.1 Å². The van der Waals surface area contributed by atoms with Gasteiger partial charge in [-0.05, 0) is 51.0 Å². The van der Waals surface area contributed by atoms with Gasteiger partial charge in [0.15, 0.2) is 5.65 Å². The summed E-state index contributed by atoms with van der Waals surface area (Å²) < 4.78 is 1.88. The van der Waals surface area contributed by atoms with E-state index in [2.05, 4.69) is 28.0 Å². The third kappa shape index (κ3) is 4.08. The number of benzene rings is 1. The van der Waals surface area contributed by atoms with Crippen LogP contribution in [0.2, 0.25) is 5.02 Å². The van der Waals surface area contributed by atoms with Crippen LogP contribution < -0.4 is 4.90 Å². The molecule has 0 atom stereocenters. The first-order valence-electron chi connectivity index (χ1n) is 10.0. The summed E-state index contributed by atoms with van der Waals surface area (Å²) in [5.41, 5.74) is 6.10. The Kier molecular flexibility index (Phi) is 5.46. The fourth-order valence-electron chi connectivity index (χ4n) is 4.08. The molecular formula is C22H26ClN5O. The Balaban J connectivity index is 1.38. The van der Waals surface area contributed by atoms with Crippen LogP contribution in [0.4, 0.5) is 5.69 Å². The second kappa shape index (κ2) is 8.03. The Morgan fingerprint density at radius 1 is 1.10 bits per heavy atom. The van der Waals surface area contributed by atoms with Gasteiger partial charge in [-0.15, -0.1) is 0 Å². The number of piperazine rings is 1. The molecule has 0 bridgehead atoms. The van der Waals surface area contributed by atoms with Crippen LogP contribution in [0.15, 0.2) is 30.3 Å². The number of halogens is 1. The molecule has 1 saturated heterocycles. The van der Waals surface area contributed by atoms with Crippen molar-refractivity contribution in [2.75, 3.05) is 31.1 Å². The van der Waals surface area contributed by atoms with Crippen molar-refractivity contribution >= 4 is 28.8 Å². The quantitative estimate of drug-likeness (QED) is 0.658. The number of carbonyl (C=O) groups excluding carboxylic acids is 1. The fraction of sp³-hybridized carbons (Fsp3) is 0.409. The SMILES string of the molecule is Cc1cc2nc(C)c(CCC(=O)N3CCN(c4cccc(Cl)c4)CC3)c(C)n2n1. The van der Waals surface area contributed by atoms with Gasteiger partial charge in [-0.2, -0.15) is 5.10 Å². The molecule has 6 nitrogen and oxygen atoms in total. The first-order valence-corrected chi connectivity index (χ1v) is 10.4. The minimum absolute atomic E-state index is 0.200. The average Bonchev–Trinajstić information content (AvgIpc) is 3.08. The lowest BCUT2D eigenvalue weighted by Gasteiger charge is -2.36. The van der Waals surface area contributed by atoms with Crippen molar-refractivity contribution in [3.8, 4) is 0 Å². The number of anilines is 1. The number of hydrogen-bond acceptors (Lipinski definition) is 4. The molecule has 4 rings (SSSR count). The largest absolute Gasteiger partial charge is 0.368 e. The van der Waals surface area contributed by atoms with E-state index in [4.69, 9.17) is 11.6 Å². The number of aromatic nitrogens is 3. The Labute approximate surface area is 176 Å². The van der Waals surface area contributed by atoms with Crippen LogP contribution in [-0.2, 0) is 11.2 Å². The Morgan fingerprint density at radius 2 is 1.86 bits per heavy atom. The van der Waals surface area contributed by atoms with Gasteiger partial charge in [0.2, 0.25) is 5.91 Å². The highest BCUT2D eigenvalue weighted by Gasteiger charge is 2.22. The topological polar surface area (TPSA) is 53.7 Å². The molecule has 1 aliphatic heterocycles. The number of fused-ring (bicyclic) bond motifs is 1. The standard InChI is InChI=1S/C22H26ClN5O/c1-15-13-21-24-16(2)20(17(3)28(21)25-15)7-8-22(29)27-11-9-26(10-12-27)19-6-4-5-18(23)14-19/h4-6,13-14H,7-12H2,1-3H3. The molecule has 1 aliphatic rings. The highest BCUT2D eigenvalue weighted by atomic mass is 35.5. The molecule has 3 heterocycles. The minimum Gasteiger partial charge on any atom is -0.368 e. The summed E-state index contributed by atoms with van der Waals surface area (Å²) in [5, 5.41) is 5.26. The maximum absolute atomic E-state index is 12.8. The maximum Gasteiger partial charge on any atom is 0.223 e. The van der Waals surface area contributed by atoms with Crippen LogP contribution >= 0.6 is 11.6 Å². The van der Waals surface area contributed by atoms with Crippen molar-refractivity contribution in [3.63, 3.8) is 0 Å². The molecule has 2 aromatic heterocycles. The Bertz CT molecular complexity index is 1050. The number of aryl methyl sites for hydroxylation is 3. The van der Waals surface area contributed by atoms with Gasteiger partial charge in [-0.25, -0.2) is 9.50 Å². The van der Waals surface area contributed by atoms with Crippen LogP contribution in [0, 0.1) is 20.8 Å². The molecule has 3 aromatic rings. The van der Waals surface area contributed by atoms with Gasteiger partial charge in [0.25, 0.3) is 0 Å². The monoisotopic (exact) mass is 411 g/mol. The molecule has 0 spiro atoms. The zero-order valence-electron chi connectivity index (χ0n) is 17.2. The van der Waals surface area contributed by atoms with Gasteiger partial charge < -0.3 is 9.80 Å². The zero-order chi connectivity index (χ0) is 20.5. The van der Waals surface area contributed by atoms with Crippen molar-refractivity contribution in [2.45, 2.75) is 33.6 Å². The molecule has 1 aromatic carbocycles. The summed E-state index contributed by atoms with van der Waals surface area (Å²) in [6.45, 7) is 9.15. The molecule has 152 valence electrons. The van der Waals surface area contributed by atoms with E-state index in [1.54, 1.807) is 0 Å². The number of nitrogens with zero attached hydrogens (tertiary/aromatic N) is 5. The molecule has 1 fully saturated rings. The summed E-state index contributed by atoms with van der Waals surface area (Å²) >= 11 is 6.10. The summed E-state index contributed by atoms with van der Waals surface area (Å²) in [7, 11) is 0. The van der Waals surface area contributed by atoms with E-state index in [-0.39, 0.29) is 5.91 Å². The summed E-state index contributed by atoms with van der Waals surface area (Å²) in [4.78, 5) is 21.7. The lowest BCUT2D eigenvalue weighted by atomic mass is 10.1. The third-order valence-electron chi connectivity index (χ3n) is 5.68. The highest BCUT2D eigenvalue weighted by Crippen LogP contribution is 2.22. The summed E-state index contributed by atoms with van der Waals surface area (Å²) in [6, 6.07) is 9.87. The predicted octanol–water partition coefficient (Wildman–Crippen LogP) is 3.59. The smallest absolute Gasteiger partial charge is 0.223 e. The molecule has 0 radical (unpaired) electrons. The van der Waals surface area contributed by atoms with Crippen molar-refractivity contribution in [2.24, 2.45) is 0 Å². The van der Waals surface area contributed by atoms with Crippen molar-refractivity contribution in [3.05, 3.63) is 58.0 Å². The van der Waals surface area contributed by atoms with Crippen LogP contribution in [0.3, 0.4) is 0 Å². The van der Waals surface area contributed by atoms with Gasteiger partial charge in [0, 0.05) is 60.8 Å². The number of carbonyl (C=O) groups is 1. The van der Waals surface area contributed by atoms with Gasteiger partial charge in [-0.3, -0.25) is 4.79 Å². The van der Waals surface area contributed by atoms with Crippen molar-refractivity contribution < 1.29 is 4.79 Å². The van der Waals surface area contributed by atoms with Crippen LogP contribution in [-0.4, -0.2) is 51.6 Å². The predicted molar refractivity (Wildman–Crippen MR) is 116 cm³/mol. The summed E-state index contributed by atoms with van der Waals surface area (Å²) in [5.74, 6) is 0.200. The Morgan fingerprint density at radius 3 is 2.59 bits per heavy atom. The second-order valence-electron chi connectivity index (χ2n) is 7.66. The molecule has 0 aliphatic carbocycles. The molecule has 29 heavy (non-hydrogen) atoms. The maximum atomic E-state index is 12.8. The number of hydrogen-bond donors (Lipinski definition) is 0. The third-order valence-corrected chi connectivity index (χ3v) is 5.92. The molecule has 1 amide bonds. The lowest BCUT2D eigenvalue weighted by Crippen LogP contribution is -2.48. The van der Waals surface area contributed by atoms with E-state index in [0.717, 1.165) is 65.2 Å². The molecule has 0 unspecified atom stereocenters. The molecule has 7 heteroatoms. The molecular weight excluding hydrogens is 386 g/mol. The van der Waals surface area contributed by atoms with E-state index in [0.29, 0.717) is 12.8 Å². The number of rotatable bonds is 4. The normalized spacial score (nSPS) is 14.6. The fourth-order valence-corrected chi connectivity index (χ4v) is 4.26.